The Bertz CT molecular complexity index is 775. The lowest BCUT2D eigenvalue weighted by Crippen LogP contribution is -2.32. The highest BCUT2D eigenvalue weighted by atomic mass is 16.6. The predicted octanol–water partition coefficient (Wildman–Crippen LogP) is 4.00. The molecule has 7 nitrogen and oxygen atoms in total. The lowest BCUT2D eigenvalue weighted by Gasteiger charge is -2.17. The average Bonchev–Trinajstić information content (AvgIpc) is 2.63. The molecule has 0 aliphatic heterocycles. The van der Waals surface area contributed by atoms with Crippen LogP contribution in [0.25, 0.3) is 0 Å². The Kier molecular flexibility index (Phi) is 6.54. The lowest BCUT2D eigenvalue weighted by atomic mass is 10.1. The smallest absolute Gasteiger partial charge is 0.273 e. The number of carbonyl (C=O) groups excluding carboxylic acids is 1. The molecule has 1 amide bonds. The monoisotopic (exact) mass is 357 g/mol. The topological polar surface area (TPSA) is 93.5 Å². The highest BCUT2D eigenvalue weighted by Crippen LogP contribution is 2.29. The molecule has 0 heterocycles. The van der Waals surface area contributed by atoms with Crippen LogP contribution in [0.1, 0.15) is 25.8 Å². The van der Waals surface area contributed by atoms with Crippen molar-refractivity contribution < 1.29 is 14.5 Å². The second-order valence-corrected chi connectivity index (χ2v) is 5.94. The molecule has 0 unspecified atom stereocenters. The van der Waals surface area contributed by atoms with Gasteiger partial charge in [-0.15, -0.1) is 0 Å². The van der Waals surface area contributed by atoms with Gasteiger partial charge in [-0.25, -0.2) is 0 Å². The van der Waals surface area contributed by atoms with E-state index >= 15 is 0 Å². The van der Waals surface area contributed by atoms with Crippen LogP contribution in [0.5, 0.6) is 5.75 Å². The van der Waals surface area contributed by atoms with Crippen LogP contribution in [-0.2, 0) is 11.2 Å². The fraction of sp³-hybridized carbons (Fsp3) is 0.316. The summed E-state index contributed by atoms with van der Waals surface area (Å²) in [5, 5.41) is 16.7. The maximum Gasteiger partial charge on any atom is 0.273 e. The number of benzene rings is 2. The first-order chi connectivity index (χ1) is 12.4. The van der Waals surface area contributed by atoms with Gasteiger partial charge in [0.1, 0.15) is 11.8 Å². The first-order valence-electron chi connectivity index (χ1n) is 8.43. The van der Waals surface area contributed by atoms with E-state index in [4.69, 9.17) is 4.74 Å². The highest BCUT2D eigenvalue weighted by Gasteiger charge is 2.17. The molecule has 2 N–H and O–H groups in total. The number of anilines is 2. The number of ether oxygens (including phenoxy) is 1. The van der Waals surface area contributed by atoms with Gasteiger partial charge in [-0.2, -0.15) is 0 Å². The van der Waals surface area contributed by atoms with Crippen molar-refractivity contribution in [3.63, 3.8) is 0 Å². The van der Waals surface area contributed by atoms with Crippen LogP contribution in [0.2, 0.25) is 0 Å². The molecule has 7 heteroatoms. The van der Waals surface area contributed by atoms with E-state index in [9.17, 15) is 14.9 Å². The summed E-state index contributed by atoms with van der Waals surface area (Å²) in [7, 11) is 1.40. The molecule has 0 bridgehead atoms. The fourth-order valence-corrected chi connectivity index (χ4v) is 2.51. The van der Waals surface area contributed by atoms with E-state index in [-0.39, 0.29) is 17.3 Å². The standard InChI is InChI=1S/C19H23N3O4/c1-4-5-14-6-8-15(9-7-14)20-13(2)19(23)21-17-11-10-16(22(24)25)12-18(17)26-3/h6-13,20H,4-5H2,1-3H3,(H,21,23)/t13-/m0/s1. The molecule has 0 fully saturated rings. The van der Waals surface area contributed by atoms with E-state index in [1.807, 2.05) is 24.3 Å². The molecule has 2 rings (SSSR count). The van der Waals surface area contributed by atoms with Gasteiger partial charge in [0.2, 0.25) is 5.91 Å². The van der Waals surface area contributed by atoms with Gasteiger partial charge < -0.3 is 15.4 Å². The van der Waals surface area contributed by atoms with Crippen molar-refractivity contribution in [3.05, 3.63) is 58.1 Å². The van der Waals surface area contributed by atoms with Gasteiger partial charge in [-0.05, 0) is 37.1 Å². The van der Waals surface area contributed by atoms with Gasteiger partial charge in [-0.1, -0.05) is 25.5 Å². The first-order valence-corrected chi connectivity index (χ1v) is 8.43. The van der Waals surface area contributed by atoms with E-state index in [1.165, 1.54) is 30.9 Å². The minimum absolute atomic E-state index is 0.0989. The summed E-state index contributed by atoms with van der Waals surface area (Å²) in [6.07, 6.45) is 2.11. The van der Waals surface area contributed by atoms with Gasteiger partial charge in [0.25, 0.3) is 5.69 Å². The summed E-state index contributed by atoms with van der Waals surface area (Å²) in [6, 6.07) is 11.5. The number of rotatable bonds is 8. The first kappa shape index (κ1) is 19.2. The Hall–Kier alpha value is -3.09. The molecule has 2 aromatic carbocycles. The molecular formula is C19H23N3O4. The third-order valence-electron chi connectivity index (χ3n) is 3.92. The predicted molar refractivity (Wildman–Crippen MR) is 102 cm³/mol. The molecule has 2 aromatic rings. The Morgan fingerprint density at radius 3 is 2.50 bits per heavy atom. The molecule has 0 saturated carbocycles. The maximum absolute atomic E-state index is 12.4. The quantitative estimate of drug-likeness (QED) is 0.550. The number of nitrogens with one attached hydrogen (secondary N) is 2. The summed E-state index contributed by atoms with van der Waals surface area (Å²) >= 11 is 0. The van der Waals surface area contributed by atoms with E-state index in [0.717, 1.165) is 18.5 Å². The van der Waals surface area contributed by atoms with Crippen molar-refractivity contribution in [1.29, 1.82) is 0 Å². The Morgan fingerprint density at radius 1 is 1.23 bits per heavy atom. The summed E-state index contributed by atoms with van der Waals surface area (Å²) in [5.41, 5.74) is 2.39. The zero-order chi connectivity index (χ0) is 19.1. The molecule has 138 valence electrons. The molecule has 0 radical (unpaired) electrons. The number of hydrogen-bond acceptors (Lipinski definition) is 5. The Labute approximate surface area is 152 Å². The maximum atomic E-state index is 12.4. The normalized spacial score (nSPS) is 11.5. The second-order valence-electron chi connectivity index (χ2n) is 5.94. The third kappa shape index (κ3) is 4.95. The van der Waals surface area contributed by atoms with Gasteiger partial charge in [0.05, 0.1) is 23.8 Å². The van der Waals surface area contributed by atoms with E-state index in [1.54, 1.807) is 6.92 Å². The number of nitro benzene ring substituents is 1. The van der Waals surface area contributed by atoms with Gasteiger partial charge >= 0.3 is 0 Å². The van der Waals surface area contributed by atoms with Crippen molar-refractivity contribution in [3.8, 4) is 5.75 Å². The lowest BCUT2D eigenvalue weighted by molar-refractivity contribution is -0.384. The number of nitro groups is 1. The SMILES string of the molecule is CCCc1ccc(N[C@@H](C)C(=O)Nc2ccc([N+](=O)[O-])cc2OC)cc1. The summed E-state index contributed by atoms with van der Waals surface area (Å²) in [6.45, 7) is 3.87. The molecular weight excluding hydrogens is 334 g/mol. The van der Waals surface area contributed by atoms with Crippen LogP contribution in [0, 0.1) is 10.1 Å². The number of methoxy groups -OCH3 is 1. The zero-order valence-electron chi connectivity index (χ0n) is 15.1. The number of carbonyl (C=O) groups is 1. The van der Waals surface area contributed by atoms with Crippen LogP contribution >= 0.6 is 0 Å². The Balaban J connectivity index is 2.03. The highest BCUT2D eigenvalue weighted by molar-refractivity contribution is 5.97. The molecule has 1 atom stereocenters. The van der Waals surface area contributed by atoms with Crippen LogP contribution in [0.15, 0.2) is 42.5 Å². The summed E-state index contributed by atoms with van der Waals surface area (Å²) in [4.78, 5) is 22.7. The van der Waals surface area contributed by atoms with Crippen molar-refractivity contribution in [2.75, 3.05) is 17.7 Å². The van der Waals surface area contributed by atoms with Crippen LogP contribution in [-0.4, -0.2) is 24.0 Å². The van der Waals surface area contributed by atoms with Gasteiger partial charge in [0.15, 0.2) is 0 Å². The van der Waals surface area contributed by atoms with Gasteiger partial charge in [0, 0.05) is 11.8 Å². The zero-order valence-corrected chi connectivity index (χ0v) is 15.1. The van der Waals surface area contributed by atoms with E-state index in [2.05, 4.69) is 17.6 Å². The number of hydrogen-bond donors (Lipinski definition) is 2. The van der Waals surface area contributed by atoms with Crippen LogP contribution < -0.4 is 15.4 Å². The van der Waals surface area contributed by atoms with Gasteiger partial charge in [-0.3, -0.25) is 14.9 Å². The van der Waals surface area contributed by atoms with Crippen LogP contribution in [0.4, 0.5) is 17.1 Å². The van der Waals surface area contributed by atoms with Crippen molar-refractivity contribution in [1.82, 2.24) is 0 Å². The third-order valence-corrected chi connectivity index (χ3v) is 3.92. The molecule has 26 heavy (non-hydrogen) atoms. The van der Waals surface area contributed by atoms with Crippen molar-refractivity contribution >= 4 is 23.0 Å². The number of non-ortho nitro benzene ring substituents is 1. The molecule has 0 saturated heterocycles. The minimum atomic E-state index is -0.513. The summed E-state index contributed by atoms with van der Waals surface area (Å²) < 4.78 is 5.13. The second kappa shape index (κ2) is 8.84. The van der Waals surface area contributed by atoms with E-state index < -0.39 is 11.0 Å². The molecule has 0 aliphatic carbocycles. The molecule has 0 spiro atoms. The number of nitrogens with zero attached hydrogens (tertiary/aromatic N) is 1. The fourth-order valence-electron chi connectivity index (χ4n) is 2.51. The van der Waals surface area contributed by atoms with Crippen molar-refractivity contribution in [2.45, 2.75) is 32.7 Å². The van der Waals surface area contributed by atoms with E-state index in [0.29, 0.717) is 5.69 Å². The Morgan fingerprint density at radius 2 is 1.92 bits per heavy atom. The largest absolute Gasteiger partial charge is 0.494 e. The van der Waals surface area contributed by atoms with Crippen LogP contribution in [0.3, 0.4) is 0 Å². The summed E-state index contributed by atoms with van der Waals surface area (Å²) in [5.74, 6) is -0.0292. The molecule has 0 aromatic heterocycles. The minimum Gasteiger partial charge on any atom is -0.494 e. The average molecular weight is 357 g/mol. The van der Waals surface area contributed by atoms with Crippen molar-refractivity contribution in [2.24, 2.45) is 0 Å². The molecule has 0 aliphatic rings. The number of aryl methyl sites for hydroxylation is 1. The number of amides is 1.